The Balaban J connectivity index is 1.69. The molecule has 1 aliphatic rings. The Hall–Kier alpha value is -2.43. The maximum absolute atomic E-state index is 12.3. The van der Waals surface area contributed by atoms with Gasteiger partial charge in [0.05, 0.1) is 5.56 Å². The number of hydrogen-bond acceptors (Lipinski definition) is 3. The number of carbonyl (C=O) groups excluding carboxylic acids is 1. The third-order valence-corrected chi connectivity index (χ3v) is 3.68. The van der Waals surface area contributed by atoms with E-state index < -0.39 is 0 Å². The van der Waals surface area contributed by atoms with Gasteiger partial charge in [0, 0.05) is 50.7 Å². The summed E-state index contributed by atoms with van der Waals surface area (Å²) < 4.78 is 1.42. The van der Waals surface area contributed by atoms with Gasteiger partial charge in [-0.1, -0.05) is 0 Å². The number of likely N-dealkylation sites (tertiary alicyclic amines) is 1. The molecule has 2 aromatic heterocycles. The van der Waals surface area contributed by atoms with Crippen LogP contribution in [-0.4, -0.2) is 33.4 Å². The second kappa shape index (κ2) is 4.92. The highest BCUT2D eigenvalue weighted by Gasteiger charge is 2.32. The van der Waals surface area contributed by atoms with Gasteiger partial charge in [0.15, 0.2) is 0 Å². The minimum absolute atomic E-state index is 0.0223. The predicted octanol–water partition coefficient (Wildman–Crippen LogP) is 1.02. The molecule has 0 spiro atoms. The molecule has 1 fully saturated rings. The standard InChI is InChI=1S/C15H15N3O2/c1-17-8-12(2-3-14(17)19)15(20)18-9-13(10-18)11-4-6-16-7-5-11/h2-8,13H,9-10H2,1H3. The van der Waals surface area contributed by atoms with E-state index in [0.29, 0.717) is 24.6 Å². The maximum Gasteiger partial charge on any atom is 0.255 e. The van der Waals surface area contributed by atoms with Crippen LogP contribution in [0.2, 0.25) is 0 Å². The maximum atomic E-state index is 12.3. The second-order valence-corrected chi connectivity index (χ2v) is 5.05. The number of aryl methyl sites for hydroxylation is 1. The van der Waals surface area contributed by atoms with Gasteiger partial charge in [-0.25, -0.2) is 0 Å². The highest BCUT2D eigenvalue weighted by Crippen LogP contribution is 2.27. The van der Waals surface area contributed by atoms with Crippen molar-refractivity contribution in [2.24, 2.45) is 7.05 Å². The first kappa shape index (κ1) is 12.6. The van der Waals surface area contributed by atoms with Crippen molar-refractivity contribution >= 4 is 5.91 Å². The molecule has 0 aromatic carbocycles. The Morgan fingerprint density at radius 3 is 2.55 bits per heavy atom. The number of rotatable bonds is 2. The molecule has 0 atom stereocenters. The third kappa shape index (κ3) is 2.22. The quantitative estimate of drug-likeness (QED) is 0.818. The summed E-state index contributed by atoms with van der Waals surface area (Å²) in [6.45, 7) is 1.43. The van der Waals surface area contributed by atoms with Crippen molar-refractivity contribution in [3.05, 3.63) is 64.3 Å². The predicted molar refractivity (Wildman–Crippen MR) is 74.6 cm³/mol. The van der Waals surface area contributed by atoms with E-state index in [0.717, 1.165) is 0 Å². The highest BCUT2D eigenvalue weighted by atomic mass is 16.2. The molecule has 1 saturated heterocycles. The first-order valence-electron chi connectivity index (χ1n) is 6.51. The van der Waals surface area contributed by atoms with E-state index in [-0.39, 0.29) is 11.5 Å². The molecule has 1 amide bonds. The van der Waals surface area contributed by atoms with Crippen LogP contribution in [0.1, 0.15) is 21.8 Å². The van der Waals surface area contributed by atoms with Crippen molar-refractivity contribution in [3.63, 3.8) is 0 Å². The van der Waals surface area contributed by atoms with Gasteiger partial charge >= 0.3 is 0 Å². The Labute approximate surface area is 116 Å². The van der Waals surface area contributed by atoms with E-state index in [4.69, 9.17) is 0 Å². The molecule has 0 unspecified atom stereocenters. The van der Waals surface area contributed by atoms with Gasteiger partial charge in [0.2, 0.25) is 5.56 Å². The smallest absolute Gasteiger partial charge is 0.255 e. The van der Waals surface area contributed by atoms with E-state index >= 15 is 0 Å². The van der Waals surface area contributed by atoms with E-state index in [9.17, 15) is 9.59 Å². The summed E-state index contributed by atoms with van der Waals surface area (Å²) in [5.41, 5.74) is 1.66. The van der Waals surface area contributed by atoms with Gasteiger partial charge in [-0.15, -0.1) is 0 Å². The van der Waals surface area contributed by atoms with Crippen molar-refractivity contribution in [2.45, 2.75) is 5.92 Å². The van der Waals surface area contributed by atoms with Crippen LogP contribution < -0.4 is 5.56 Å². The molecule has 1 aliphatic heterocycles. The largest absolute Gasteiger partial charge is 0.337 e. The van der Waals surface area contributed by atoms with Gasteiger partial charge < -0.3 is 9.47 Å². The van der Waals surface area contributed by atoms with Crippen LogP contribution in [-0.2, 0) is 7.05 Å². The van der Waals surface area contributed by atoms with Crippen LogP contribution in [0.25, 0.3) is 0 Å². The first-order valence-corrected chi connectivity index (χ1v) is 6.51. The van der Waals surface area contributed by atoms with Gasteiger partial charge in [-0.3, -0.25) is 14.6 Å². The van der Waals surface area contributed by atoms with E-state index in [2.05, 4.69) is 4.98 Å². The number of pyridine rings is 2. The Morgan fingerprint density at radius 2 is 1.90 bits per heavy atom. The molecule has 0 bridgehead atoms. The van der Waals surface area contributed by atoms with Crippen molar-refractivity contribution in [1.29, 1.82) is 0 Å². The monoisotopic (exact) mass is 269 g/mol. The lowest BCUT2D eigenvalue weighted by molar-refractivity contribution is 0.0601. The summed E-state index contributed by atoms with van der Waals surface area (Å²) in [5, 5.41) is 0. The van der Waals surface area contributed by atoms with Gasteiger partial charge in [0.25, 0.3) is 5.91 Å². The molecule has 0 saturated carbocycles. The zero-order valence-corrected chi connectivity index (χ0v) is 11.2. The summed E-state index contributed by atoms with van der Waals surface area (Å²) in [6.07, 6.45) is 5.13. The van der Waals surface area contributed by atoms with E-state index in [1.165, 1.54) is 16.2 Å². The zero-order valence-electron chi connectivity index (χ0n) is 11.2. The Morgan fingerprint density at radius 1 is 1.20 bits per heavy atom. The number of nitrogens with zero attached hydrogens (tertiary/aromatic N) is 3. The zero-order chi connectivity index (χ0) is 14.1. The van der Waals surface area contributed by atoms with Crippen molar-refractivity contribution in [2.75, 3.05) is 13.1 Å². The molecule has 5 heteroatoms. The molecule has 0 radical (unpaired) electrons. The average Bonchev–Trinajstić information content (AvgIpc) is 2.41. The van der Waals surface area contributed by atoms with Crippen LogP contribution in [0.3, 0.4) is 0 Å². The SMILES string of the molecule is Cn1cc(C(=O)N2CC(c3ccncc3)C2)ccc1=O. The number of carbonyl (C=O) groups is 1. The topological polar surface area (TPSA) is 55.2 Å². The molecular weight excluding hydrogens is 254 g/mol. The van der Waals surface area contributed by atoms with Crippen molar-refractivity contribution in [3.8, 4) is 0 Å². The van der Waals surface area contributed by atoms with Crippen LogP contribution >= 0.6 is 0 Å². The van der Waals surface area contributed by atoms with Crippen LogP contribution in [0, 0.1) is 0 Å². The summed E-state index contributed by atoms with van der Waals surface area (Å²) in [5.74, 6) is 0.361. The molecule has 3 heterocycles. The lowest BCUT2D eigenvalue weighted by Crippen LogP contribution is -2.48. The van der Waals surface area contributed by atoms with Gasteiger partial charge in [-0.05, 0) is 23.8 Å². The third-order valence-electron chi connectivity index (χ3n) is 3.68. The van der Waals surface area contributed by atoms with E-state index in [1.807, 2.05) is 12.1 Å². The lowest BCUT2D eigenvalue weighted by atomic mass is 9.92. The number of hydrogen-bond donors (Lipinski definition) is 0. The van der Waals surface area contributed by atoms with Crippen LogP contribution in [0.5, 0.6) is 0 Å². The minimum atomic E-state index is -0.111. The molecule has 0 N–H and O–H groups in total. The number of aromatic nitrogens is 2. The van der Waals surface area contributed by atoms with Gasteiger partial charge in [-0.2, -0.15) is 0 Å². The average molecular weight is 269 g/mol. The summed E-state index contributed by atoms with van der Waals surface area (Å²) in [4.78, 5) is 29.4. The molecule has 2 aromatic rings. The van der Waals surface area contributed by atoms with Gasteiger partial charge in [0.1, 0.15) is 0 Å². The Bertz CT molecular complexity index is 688. The molecule has 102 valence electrons. The molecule has 20 heavy (non-hydrogen) atoms. The second-order valence-electron chi connectivity index (χ2n) is 5.05. The van der Waals surface area contributed by atoms with E-state index in [1.54, 1.807) is 36.6 Å². The summed E-state index contributed by atoms with van der Waals surface area (Å²) in [7, 11) is 1.65. The Kier molecular flexibility index (Phi) is 3.10. The fourth-order valence-corrected chi connectivity index (χ4v) is 2.39. The molecule has 0 aliphatic carbocycles. The molecule has 3 rings (SSSR count). The molecule has 5 nitrogen and oxygen atoms in total. The molecular formula is C15H15N3O2. The van der Waals surface area contributed by atoms with Crippen LogP contribution in [0.15, 0.2) is 47.7 Å². The minimum Gasteiger partial charge on any atom is -0.337 e. The van der Waals surface area contributed by atoms with Crippen molar-refractivity contribution in [1.82, 2.24) is 14.5 Å². The fourth-order valence-electron chi connectivity index (χ4n) is 2.39. The van der Waals surface area contributed by atoms with Crippen molar-refractivity contribution < 1.29 is 4.79 Å². The number of amides is 1. The fraction of sp³-hybridized carbons (Fsp3) is 0.267. The highest BCUT2D eigenvalue weighted by molar-refractivity contribution is 5.94. The normalized spacial score (nSPS) is 14.9. The summed E-state index contributed by atoms with van der Waals surface area (Å²) >= 11 is 0. The lowest BCUT2D eigenvalue weighted by Gasteiger charge is -2.39. The summed E-state index contributed by atoms with van der Waals surface area (Å²) in [6, 6.07) is 6.98. The first-order chi connectivity index (χ1) is 9.65. The van der Waals surface area contributed by atoms with Crippen LogP contribution in [0.4, 0.5) is 0 Å².